The Morgan fingerprint density at radius 2 is 2.00 bits per heavy atom. The number of carboxylic acid groups (broad SMARTS) is 1. The average molecular weight is 305 g/mol. The topological polar surface area (TPSA) is 130 Å². The summed E-state index contributed by atoms with van der Waals surface area (Å²) >= 11 is 0. The van der Waals surface area contributed by atoms with Crippen molar-refractivity contribution in [3.8, 4) is 0 Å². The molecule has 3 amide bonds. The van der Waals surface area contributed by atoms with Crippen molar-refractivity contribution in [3.05, 3.63) is 29.3 Å². The van der Waals surface area contributed by atoms with Crippen LogP contribution >= 0.6 is 0 Å². The van der Waals surface area contributed by atoms with E-state index in [0.717, 1.165) is 5.56 Å². The zero-order valence-corrected chi connectivity index (χ0v) is 11.6. The number of hydrogen-bond donors (Lipinski definition) is 3. The van der Waals surface area contributed by atoms with E-state index in [-0.39, 0.29) is 24.7 Å². The summed E-state index contributed by atoms with van der Waals surface area (Å²) in [6, 6.07) is 4.58. The van der Waals surface area contributed by atoms with Gasteiger partial charge in [-0.2, -0.15) is 0 Å². The molecule has 0 aliphatic carbocycles. The van der Waals surface area contributed by atoms with Gasteiger partial charge >= 0.3 is 0 Å². The second kappa shape index (κ2) is 6.25. The molecule has 3 rings (SSSR count). The van der Waals surface area contributed by atoms with Crippen LogP contribution in [-0.2, 0) is 20.9 Å². The Morgan fingerprint density at radius 3 is 2.59 bits per heavy atom. The third kappa shape index (κ3) is 2.76. The van der Waals surface area contributed by atoms with Crippen molar-refractivity contribution in [1.29, 1.82) is 0 Å². The zero-order valence-electron chi connectivity index (χ0n) is 11.6. The zero-order chi connectivity index (χ0) is 16.3. The summed E-state index contributed by atoms with van der Waals surface area (Å²) < 4.78 is 0. The van der Waals surface area contributed by atoms with Crippen LogP contribution in [-0.4, -0.2) is 40.2 Å². The molecule has 1 aromatic carbocycles. The molecular weight excluding hydrogens is 290 g/mol. The fourth-order valence-corrected chi connectivity index (χ4v) is 2.61. The van der Waals surface area contributed by atoms with E-state index >= 15 is 0 Å². The van der Waals surface area contributed by atoms with Crippen molar-refractivity contribution >= 4 is 29.9 Å². The molecule has 0 saturated carbocycles. The van der Waals surface area contributed by atoms with Gasteiger partial charge in [0.15, 0.2) is 0 Å². The van der Waals surface area contributed by atoms with Gasteiger partial charge in [-0.15, -0.1) is 0 Å². The van der Waals surface area contributed by atoms with Crippen molar-refractivity contribution in [2.45, 2.75) is 25.4 Å². The van der Waals surface area contributed by atoms with Gasteiger partial charge in [0, 0.05) is 29.8 Å². The summed E-state index contributed by atoms with van der Waals surface area (Å²) in [7, 11) is 0. The first-order valence-corrected chi connectivity index (χ1v) is 6.59. The number of nitrogens with zero attached hydrogens (tertiary/aromatic N) is 1. The number of rotatable bonds is 1. The molecule has 2 heterocycles. The summed E-state index contributed by atoms with van der Waals surface area (Å²) in [4.78, 5) is 45.1. The van der Waals surface area contributed by atoms with Crippen LogP contribution in [0.4, 0.5) is 5.69 Å². The smallest absolute Gasteiger partial charge is 0.290 e. The molecule has 8 nitrogen and oxygen atoms in total. The molecule has 116 valence electrons. The number of nitrogens with one attached hydrogen (secondary N) is 1. The van der Waals surface area contributed by atoms with Crippen LogP contribution < -0.4 is 11.1 Å². The van der Waals surface area contributed by atoms with Gasteiger partial charge in [0.2, 0.25) is 11.8 Å². The van der Waals surface area contributed by atoms with Gasteiger partial charge in [-0.1, -0.05) is 6.07 Å². The lowest BCUT2D eigenvalue weighted by Gasteiger charge is -2.29. The van der Waals surface area contributed by atoms with Gasteiger partial charge in [-0.25, -0.2) is 0 Å². The molecule has 0 aromatic heterocycles. The summed E-state index contributed by atoms with van der Waals surface area (Å²) in [5, 5.41) is 9.15. The number of carbonyl (C=O) groups is 4. The highest BCUT2D eigenvalue weighted by atomic mass is 16.3. The largest absolute Gasteiger partial charge is 0.483 e. The van der Waals surface area contributed by atoms with E-state index in [9.17, 15) is 14.4 Å². The second-order valence-electron chi connectivity index (χ2n) is 4.88. The Hall–Kier alpha value is -2.90. The van der Waals surface area contributed by atoms with Crippen LogP contribution in [0.5, 0.6) is 0 Å². The average Bonchev–Trinajstić information content (AvgIpc) is 2.79. The monoisotopic (exact) mass is 305 g/mol. The number of carbonyl (C=O) groups excluding carboxylic acids is 3. The van der Waals surface area contributed by atoms with E-state index in [0.29, 0.717) is 24.2 Å². The Balaban J connectivity index is 0.000000545. The molecule has 2 aliphatic heterocycles. The molecule has 4 N–H and O–H groups in total. The Labute approximate surface area is 125 Å². The van der Waals surface area contributed by atoms with Gasteiger partial charge in [0.1, 0.15) is 6.04 Å². The summed E-state index contributed by atoms with van der Waals surface area (Å²) in [6.07, 6.45) is 0.621. The fourth-order valence-electron chi connectivity index (χ4n) is 2.61. The molecule has 0 spiro atoms. The van der Waals surface area contributed by atoms with E-state index in [1.54, 1.807) is 18.2 Å². The van der Waals surface area contributed by atoms with Gasteiger partial charge in [0.05, 0.1) is 0 Å². The number of nitrogen functional groups attached to an aromatic ring is 1. The molecule has 0 bridgehead atoms. The lowest BCUT2D eigenvalue weighted by Crippen LogP contribution is -2.52. The number of nitrogens with two attached hydrogens (primary N) is 1. The Bertz CT molecular complexity index is 643. The molecule has 8 heteroatoms. The van der Waals surface area contributed by atoms with E-state index in [2.05, 4.69) is 5.32 Å². The van der Waals surface area contributed by atoms with Gasteiger partial charge in [-0.3, -0.25) is 24.5 Å². The van der Waals surface area contributed by atoms with Crippen molar-refractivity contribution in [2.24, 2.45) is 0 Å². The van der Waals surface area contributed by atoms with Crippen LogP contribution in [0.2, 0.25) is 0 Å². The number of imide groups is 1. The van der Waals surface area contributed by atoms with Gasteiger partial charge in [0.25, 0.3) is 12.4 Å². The molecule has 1 saturated heterocycles. The third-order valence-electron chi connectivity index (χ3n) is 3.62. The van der Waals surface area contributed by atoms with Crippen LogP contribution in [0.1, 0.15) is 28.8 Å². The standard InChI is InChI=1S/C13H13N3O3.CH2O2/c14-9-3-1-2-7-8(9)6-16(13(7)19)10-4-5-11(17)15-12(10)18;2-1-3/h1-3,10H,4-6,14H2,(H,15,17,18);1H,(H,2,3). The molecule has 1 fully saturated rings. The molecule has 1 unspecified atom stereocenters. The predicted octanol–water partition coefficient (Wildman–Crippen LogP) is -0.269. The normalized spacial score (nSPS) is 19.9. The maximum atomic E-state index is 12.3. The number of hydrogen-bond acceptors (Lipinski definition) is 5. The molecule has 22 heavy (non-hydrogen) atoms. The summed E-state index contributed by atoms with van der Waals surface area (Å²) in [5.74, 6) is -0.891. The first-order valence-electron chi connectivity index (χ1n) is 6.59. The highest BCUT2D eigenvalue weighted by Crippen LogP contribution is 2.30. The first-order chi connectivity index (χ1) is 10.5. The molecule has 0 radical (unpaired) electrons. The predicted molar refractivity (Wildman–Crippen MR) is 75.6 cm³/mol. The van der Waals surface area contributed by atoms with Crippen molar-refractivity contribution in [3.63, 3.8) is 0 Å². The van der Waals surface area contributed by atoms with Gasteiger partial charge < -0.3 is 15.7 Å². The van der Waals surface area contributed by atoms with Crippen LogP contribution in [0.25, 0.3) is 0 Å². The Morgan fingerprint density at radius 1 is 1.32 bits per heavy atom. The van der Waals surface area contributed by atoms with E-state index in [1.165, 1.54) is 4.90 Å². The van der Waals surface area contributed by atoms with Crippen molar-refractivity contribution in [1.82, 2.24) is 10.2 Å². The molecule has 2 aliphatic rings. The third-order valence-corrected chi connectivity index (χ3v) is 3.62. The first kappa shape index (κ1) is 15.5. The molecule has 1 atom stereocenters. The summed E-state index contributed by atoms with van der Waals surface area (Å²) in [6.45, 7) is 0.0765. The second-order valence-corrected chi connectivity index (χ2v) is 4.88. The maximum Gasteiger partial charge on any atom is 0.290 e. The molecular formula is C14H15N3O5. The molecule has 1 aromatic rings. The highest BCUT2D eigenvalue weighted by Gasteiger charge is 2.39. The van der Waals surface area contributed by atoms with Crippen LogP contribution in [0, 0.1) is 0 Å². The number of amides is 3. The van der Waals surface area contributed by atoms with Crippen LogP contribution in [0.3, 0.4) is 0 Å². The van der Waals surface area contributed by atoms with Crippen molar-refractivity contribution < 1.29 is 24.3 Å². The number of anilines is 1. The van der Waals surface area contributed by atoms with E-state index < -0.39 is 11.9 Å². The van der Waals surface area contributed by atoms with Crippen LogP contribution in [0.15, 0.2) is 18.2 Å². The highest BCUT2D eigenvalue weighted by molar-refractivity contribution is 6.06. The van der Waals surface area contributed by atoms with Crippen molar-refractivity contribution in [2.75, 3.05) is 5.73 Å². The minimum Gasteiger partial charge on any atom is -0.483 e. The Kier molecular flexibility index (Phi) is 4.40. The van der Waals surface area contributed by atoms with E-state index in [4.69, 9.17) is 15.6 Å². The van der Waals surface area contributed by atoms with Gasteiger partial charge in [-0.05, 0) is 18.6 Å². The minimum atomic E-state index is -0.586. The SMILES string of the molecule is Nc1cccc2c1CN(C1CCC(=O)NC1=O)C2=O.O=CO. The number of fused-ring (bicyclic) bond motifs is 1. The maximum absolute atomic E-state index is 12.3. The van der Waals surface area contributed by atoms with E-state index in [1.807, 2.05) is 0 Å². The fraction of sp³-hybridized carbons (Fsp3) is 0.286. The number of benzene rings is 1. The lowest BCUT2D eigenvalue weighted by atomic mass is 10.0. The lowest BCUT2D eigenvalue weighted by molar-refractivity contribution is -0.137. The quantitative estimate of drug-likeness (QED) is 0.372. The minimum absolute atomic E-state index is 0.197. The summed E-state index contributed by atoms with van der Waals surface area (Å²) in [5.41, 5.74) is 7.71. The number of piperidine rings is 1.